The summed E-state index contributed by atoms with van der Waals surface area (Å²) in [4.78, 5) is 0. The first-order chi connectivity index (χ1) is 14.9. The van der Waals surface area contributed by atoms with E-state index in [9.17, 15) is 8.42 Å². The number of fused-ring (bicyclic) bond motifs is 5. The second kappa shape index (κ2) is 9.02. The Bertz CT molecular complexity index is 815. The molecule has 4 heteroatoms. The van der Waals surface area contributed by atoms with E-state index in [4.69, 9.17) is 4.18 Å². The molecular weight excluding hydrogens is 416 g/mol. The Morgan fingerprint density at radius 3 is 2.47 bits per heavy atom. The third kappa shape index (κ3) is 4.61. The van der Waals surface area contributed by atoms with Gasteiger partial charge >= 0.3 is 0 Å². The van der Waals surface area contributed by atoms with Gasteiger partial charge in [-0.05, 0) is 97.7 Å². The lowest BCUT2D eigenvalue weighted by molar-refractivity contribution is -0.0556. The van der Waals surface area contributed by atoms with Crippen molar-refractivity contribution in [2.24, 2.45) is 46.3 Å². The average molecular weight is 465 g/mol. The Hall–Kier alpha value is -0.350. The van der Waals surface area contributed by atoms with Gasteiger partial charge in [-0.2, -0.15) is 8.42 Å². The van der Waals surface area contributed by atoms with Gasteiger partial charge in [0.15, 0.2) is 0 Å². The van der Waals surface area contributed by atoms with Crippen LogP contribution in [-0.2, 0) is 14.3 Å². The largest absolute Gasteiger partial charge is 0.267 e. The summed E-state index contributed by atoms with van der Waals surface area (Å²) >= 11 is 0. The molecule has 0 aromatic heterocycles. The Morgan fingerprint density at radius 1 is 1.03 bits per heavy atom. The minimum atomic E-state index is -3.38. The highest BCUT2D eigenvalue weighted by atomic mass is 32.2. The van der Waals surface area contributed by atoms with Crippen molar-refractivity contribution in [1.82, 2.24) is 0 Å². The summed E-state index contributed by atoms with van der Waals surface area (Å²) in [5.41, 5.74) is 2.28. The van der Waals surface area contributed by atoms with Gasteiger partial charge in [-0.25, -0.2) is 0 Å². The van der Waals surface area contributed by atoms with Crippen LogP contribution in [0.15, 0.2) is 11.6 Å². The molecular formula is C28H48O3S. The monoisotopic (exact) mass is 464 g/mol. The topological polar surface area (TPSA) is 43.4 Å². The number of hydrogen-bond acceptors (Lipinski definition) is 3. The van der Waals surface area contributed by atoms with Crippen LogP contribution in [0.5, 0.6) is 0 Å². The van der Waals surface area contributed by atoms with Crippen molar-refractivity contribution in [3.05, 3.63) is 11.6 Å². The molecule has 3 fully saturated rings. The van der Waals surface area contributed by atoms with Gasteiger partial charge in [0, 0.05) is 0 Å². The third-order valence-corrected chi connectivity index (χ3v) is 11.2. The number of hydrogen-bond donors (Lipinski definition) is 0. The van der Waals surface area contributed by atoms with E-state index in [-0.39, 0.29) is 11.5 Å². The van der Waals surface area contributed by atoms with E-state index in [0.717, 1.165) is 54.8 Å². The number of allylic oxidation sites excluding steroid dienone is 1. The van der Waals surface area contributed by atoms with E-state index in [1.807, 2.05) is 0 Å². The van der Waals surface area contributed by atoms with Gasteiger partial charge in [-0.1, -0.05) is 65.5 Å². The second-order valence-corrected chi connectivity index (χ2v) is 14.6. The molecule has 0 aliphatic heterocycles. The molecule has 0 saturated heterocycles. The first-order valence-corrected chi connectivity index (χ1v) is 15.3. The van der Waals surface area contributed by atoms with Crippen LogP contribution in [0.2, 0.25) is 0 Å². The summed E-state index contributed by atoms with van der Waals surface area (Å²) < 4.78 is 28.8. The molecule has 0 amide bonds. The molecule has 0 bridgehead atoms. The van der Waals surface area contributed by atoms with E-state index in [1.165, 1.54) is 63.2 Å². The van der Waals surface area contributed by atoms with Gasteiger partial charge in [0.1, 0.15) is 0 Å². The lowest BCUT2D eigenvalue weighted by atomic mass is 9.47. The summed E-state index contributed by atoms with van der Waals surface area (Å²) in [6.07, 6.45) is 17.3. The maximum atomic E-state index is 11.7. The summed E-state index contributed by atoms with van der Waals surface area (Å²) in [6.45, 7) is 12.4. The molecule has 4 aliphatic carbocycles. The lowest BCUT2D eigenvalue weighted by Gasteiger charge is -2.58. The van der Waals surface area contributed by atoms with Gasteiger partial charge in [0.2, 0.25) is 0 Å². The molecule has 0 aromatic rings. The average Bonchev–Trinajstić information content (AvgIpc) is 3.04. The summed E-state index contributed by atoms with van der Waals surface area (Å²) in [5, 5.41) is 0. The SMILES string of the molecule is CC(C)CCC[C@@H](C)[C@H]1CCC2C3CC=C4C[C@@H](OS(C)(=O)=O)CC[C@]4(C)C3CC[C@@]21C. The van der Waals surface area contributed by atoms with Crippen molar-refractivity contribution in [1.29, 1.82) is 0 Å². The van der Waals surface area contributed by atoms with Gasteiger partial charge in [0.05, 0.1) is 12.4 Å². The molecule has 32 heavy (non-hydrogen) atoms. The Balaban J connectivity index is 1.47. The predicted octanol–water partition coefficient (Wildman–Crippen LogP) is 7.37. The molecule has 8 atom stereocenters. The van der Waals surface area contributed by atoms with E-state index in [1.54, 1.807) is 0 Å². The van der Waals surface area contributed by atoms with E-state index < -0.39 is 10.1 Å². The molecule has 3 saturated carbocycles. The fraction of sp³-hybridized carbons (Fsp3) is 0.929. The van der Waals surface area contributed by atoms with Crippen molar-refractivity contribution in [2.45, 2.75) is 111 Å². The molecule has 4 rings (SSSR count). The zero-order chi connectivity index (χ0) is 23.3. The zero-order valence-corrected chi connectivity index (χ0v) is 22.3. The minimum absolute atomic E-state index is 0.155. The molecule has 0 radical (unpaired) electrons. The first kappa shape index (κ1) is 24.8. The first-order valence-electron chi connectivity index (χ1n) is 13.5. The van der Waals surface area contributed by atoms with Crippen LogP contribution in [0.25, 0.3) is 0 Å². The van der Waals surface area contributed by atoms with Crippen LogP contribution in [0.4, 0.5) is 0 Å². The molecule has 184 valence electrons. The predicted molar refractivity (Wildman–Crippen MR) is 133 cm³/mol. The van der Waals surface area contributed by atoms with E-state index in [2.05, 4.69) is 40.7 Å². The van der Waals surface area contributed by atoms with Crippen LogP contribution < -0.4 is 0 Å². The van der Waals surface area contributed by atoms with E-state index >= 15 is 0 Å². The molecule has 3 nitrogen and oxygen atoms in total. The molecule has 0 N–H and O–H groups in total. The molecule has 0 spiro atoms. The highest BCUT2D eigenvalue weighted by molar-refractivity contribution is 7.86. The number of rotatable bonds is 7. The van der Waals surface area contributed by atoms with Crippen LogP contribution in [0, 0.1) is 46.3 Å². The zero-order valence-electron chi connectivity index (χ0n) is 21.5. The van der Waals surface area contributed by atoms with Gasteiger partial charge in [0.25, 0.3) is 10.1 Å². The summed E-state index contributed by atoms with van der Waals surface area (Å²) in [7, 11) is -3.38. The summed E-state index contributed by atoms with van der Waals surface area (Å²) in [6, 6.07) is 0. The van der Waals surface area contributed by atoms with Crippen molar-refractivity contribution in [3.8, 4) is 0 Å². The van der Waals surface area contributed by atoms with Gasteiger partial charge in [-0.3, -0.25) is 4.18 Å². The van der Waals surface area contributed by atoms with Crippen LogP contribution in [0.3, 0.4) is 0 Å². The highest BCUT2D eigenvalue weighted by Gasteiger charge is 2.59. The maximum Gasteiger partial charge on any atom is 0.264 e. The minimum Gasteiger partial charge on any atom is -0.267 e. The highest BCUT2D eigenvalue weighted by Crippen LogP contribution is 2.67. The van der Waals surface area contributed by atoms with Gasteiger partial charge in [-0.15, -0.1) is 0 Å². The smallest absolute Gasteiger partial charge is 0.264 e. The third-order valence-electron chi connectivity index (χ3n) is 10.6. The van der Waals surface area contributed by atoms with Crippen molar-refractivity contribution < 1.29 is 12.6 Å². The van der Waals surface area contributed by atoms with Crippen molar-refractivity contribution >= 4 is 10.1 Å². The molecule has 4 aliphatic rings. The summed E-state index contributed by atoms with van der Waals surface area (Å²) in [5.74, 6) is 5.05. The van der Waals surface area contributed by atoms with Crippen molar-refractivity contribution in [2.75, 3.05) is 6.26 Å². The van der Waals surface area contributed by atoms with E-state index in [0.29, 0.717) is 5.41 Å². The fourth-order valence-electron chi connectivity index (χ4n) is 8.98. The fourth-order valence-corrected chi connectivity index (χ4v) is 9.64. The Kier molecular flexibility index (Phi) is 6.98. The maximum absolute atomic E-state index is 11.7. The van der Waals surface area contributed by atoms with Crippen LogP contribution >= 0.6 is 0 Å². The Morgan fingerprint density at radius 2 is 1.78 bits per heavy atom. The van der Waals surface area contributed by atoms with Crippen molar-refractivity contribution in [3.63, 3.8) is 0 Å². The quantitative estimate of drug-likeness (QED) is 0.292. The van der Waals surface area contributed by atoms with Gasteiger partial charge < -0.3 is 0 Å². The Labute approximate surface area is 198 Å². The normalized spacial score (nSPS) is 42.7. The lowest BCUT2D eigenvalue weighted by Crippen LogP contribution is -2.51. The van der Waals surface area contributed by atoms with Crippen LogP contribution in [0.1, 0.15) is 105 Å². The molecule has 3 unspecified atom stereocenters. The molecule has 0 heterocycles. The standard InChI is InChI=1S/C28H48O3S/c1-19(2)8-7-9-20(3)24-12-13-25-23-11-10-21-18-22(31-32(6,29)30)14-16-27(21,4)26(23)15-17-28(24,25)5/h10,19-20,22-26H,7-9,11-18H2,1-6H3/t20-,22+,23?,24-,25?,26?,27+,28-/m1/s1. The molecule has 0 aromatic carbocycles. The van der Waals surface area contributed by atoms with Crippen LogP contribution in [-0.4, -0.2) is 20.8 Å². The second-order valence-electron chi connectivity index (χ2n) is 13.0.